The summed E-state index contributed by atoms with van der Waals surface area (Å²) in [5.41, 5.74) is 6.51. The maximum Gasteiger partial charge on any atom is 0.320 e. The molecule has 4 N–H and O–H groups in total. The van der Waals surface area contributed by atoms with Gasteiger partial charge in [-0.05, 0) is 88.1 Å². The molecule has 0 heterocycles. The van der Waals surface area contributed by atoms with Gasteiger partial charge in [0.15, 0.2) is 0 Å². The van der Waals surface area contributed by atoms with Crippen LogP contribution in [-0.2, 0) is 11.2 Å². The summed E-state index contributed by atoms with van der Waals surface area (Å²) in [7, 11) is 0. The summed E-state index contributed by atoms with van der Waals surface area (Å²) < 4.78 is 8.34. The van der Waals surface area contributed by atoms with Gasteiger partial charge in [0.2, 0.25) is 0 Å². The van der Waals surface area contributed by atoms with Gasteiger partial charge in [-0.25, -0.2) is 0 Å². The quantitative estimate of drug-likeness (QED) is 0.331. The monoisotopic (exact) mass is 671 g/mol. The molecule has 1 saturated carbocycles. The number of hydrogen-bond donors (Lipinski definition) is 3. The van der Waals surface area contributed by atoms with E-state index in [0.29, 0.717) is 6.42 Å². The third-order valence-corrected chi connectivity index (χ3v) is 7.04. The van der Waals surface area contributed by atoms with Gasteiger partial charge in [-0.2, -0.15) is 0 Å². The molecule has 24 heavy (non-hydrogen) atoms. The van der Waals surface area contributed by atoms with Crippen LogP contribution in [0.25, 0.3) is 0 Å². The zero-order chi connectivity index (χ0) is 18.0. The second-order valence-corrected chi connectivity index (χ2v) is 10.2. The van der Waals surface area contributed by atoms with Crippen molar-refractivity contribution in [2.45, 2.75) is 48.4 Å². The molecule has 0 bridgehead atoms. The maximum atomic E-state index is 10.9. The van der Waals surface area contributed by atoms with Gasteiger partial charge in [0.25, 0.3) is 0 Å². The number of hydrogen-bond acceptors (Lipinski definition) is 4. The Hall–Kier alpha value is 0.600. The van der Waals surface area contributed by atoms with E-state index in [-0.39, 0.29) is 22.1 Å². The minimum Gasteiger partial charge on any atom is -0.488 e. The number of ether oxygens (including phenoxy) is 1. The predicted octanol–water partition coefficient (Wildman–Crippen LogP) is 3.19. The summed E-state index contributed by atoms with van der Waals surface area (Å²) in [5, 5.41) is 19.0. The second kappa shape index (κ2) is 9.00. The number of carbonyl (C=O) groups is 1. The first kappa shape index (κ1) is 20.9. The molecule has 5 atom stereocenters. The molecule has 0 aliphatic heterocycles. The first-order valence-electron chi connectivity index (χ1n) is 7.64. The number of nitrogens with two attached hydrogens (primary N) is 1. The zero-order valence-corrected chi connectivity index (χ0v) is 19.6. The van der Waals surface area contributed by atoms with Gasteiger partial charge >= 0.3 is 5.97 Å². The maximum absolute atomic E-state index is 10.9. The van der Waals surface area contributed by atoms with E-state index in [4.69, 9.17) is 15.6 Å². The number of benzene rings is 1. The Balaban J connectivity index is 2.12. The minimum absolute atomic E-state index is 0.0828. The Kier molecular flexibility index (Phi) is 7.84. The summed E-state index contributed by atoms with van der Waals surface area (Å²) >= 11 is 6.73. The average molecular weight is 671 g/mol. The van der Waals surface area contributed by atoms with Crippen LogP contribution in [0.3, 0.4) is 0 Å². The molecular formula is C16H20I3NO4. The molecule has 1 aromatic carbocycles. The van der Waals surface area contributed by atoms with Gasteiger partial charge in [0, 0.05) is 3.92 Å². The summed E-state index contributed by atoms with van der Waals surface area (Å²) in [6, 6.07) is 2.97. The van der Waals surface area contributed by atoms with E-state index < -0.39 is 12.0 Å². The lowest BCUT2D eigenvalue weighted by Gasteiger charge is -2.35. The van der Waals surface area contributed by atoms with Crippen molar-refractivity contribution >= 4 is 73.7 Å². The van der Waals surface area contributed by atoms with Crippen LogP contribution < -0.4 is 10.5 Å². The fourth-order valence-electron chi connectivity index (χ4n) is 2.84. The molecule has 1 aliphatic rings. The number of rotatable bonds is 5. The lowest BCUT2D eigenvalue weighted by atomic mass is 9.86. The van der Waals surface area contributed by atoms with E-state index in [1.165, 1.54) is 0 Å². The van der Waals surface area contributed by atoms with Crippen molar-refractivity contribution in [3.8, 4) is 5.75 Å². The Morgan fingerprint density at radius 3 is 2.46 bits per heavy atom. The summed E-state index contributed by atoms with van der Waals surface area (Å²) in [5.74, 6) is 0.0537. The SMILES string of the molecule is CC1CC(Oc2c(I)cc(CC(N)C(=O)O)cc2I)CC(I)C1O. The van der Waals surface area contributed by atoms with Crippen molar-refractivity contribution in [2.24, 2.45) is 11.7 Å². The summed E-state index contributed by atoms with van der Waals surface area (Å²) in [6.45, 7) is 2.05. The van der Waals surface area contributed by atoms with E-state index in [1.54, 1.807) is 0 Å². The summed E-state index contributed by atoms with van der Waals surface area (Å²) in [4.78, 5) is 10.9. The van der Waals surface area contributed by atoms with Crippen molar-refractivity contribution in [1.29, 1.82) is 0 Å². The molecule has 5 unspecified atom stereocenters. The highest BCUT2D eigenvalue weighted by Crippen LogP contribution is 2.36. The molecule has 0 amide bonds. The molecule has 0 saturated heterocycles. The van der Waals surface area contributed by atoms with Crippen LogP contribution in [0.15, 0.2) is 12.1 Å². The molecule has 0 spiro atoms. The standard InChI is InChI=1S/C16H20I3NO4/c1-7-2-9(6-10(17)14(7)21)24-15-11(18)3-8(4-12(15)19)5-13(20)16(22)23/h3-4,7,9-10,13-14,21H,2,5-6,20H2,1H3,(H,22,23). The fourth-order valence-corrected chi connectivity index (χ4v) is 6.27. The lowest BCUT2D eigenvalue weighted by molar-refractivity contribution is -0.138. The molecular weight excluding hydrogens is 651 g/mol. The van der Waals surface area contributed by atoms with E-state index in [1.807, 2.05) is 12.1 Å². The molecule has 8 heteroatoms. The molecule has 5 nitrogen and oxygen atoms in total. The highest BCUT2D eigenvalue weighted by molar-refractivity contribution is 14.1. The van der Waals surface area contributed by atoms with Crippen LogP contribution in [0.2, 0.25) is 0 Å². The third-order valence-electron chi connectivity index (χ3n) is 4.19. The highest BCUT2D eigenvalue weighted by Gasteiger charge is 2.34. The first-order chi connectivity index (χ1) is 11.2. The van der Waals surface area contributed by atoms with Crippen molar-refractivity contribution in [1.82, 2.24) is 0 Å². The van der Waals surface area contributed by atoms with Crippen LogP contribution >= 0.6 is 67.8 Å². The van der Waals surface area contributed by atoms with Crippen LogP contribution in [0.5, 0.6) is 5.75 Å². The molecule has 1 aromatic rings. The van der Waals surface area contributed by atoms with Gasteiger partial charge in [-0.15, -0.1) is 0 Å². The second-order valence-electron chi connectivity index (χ2n) is 6.23. The summed E-state index contributed by atoms with van der Waals surface area (Å²) in [6.07, 6.45) is 1.76. The normalized spacial score (nSPS) is 28.4. The number of aliphatic carboxylic acids is 1. The van der Waals surface area contributed by atoms with E-state index in [0.717, 1.165) is 31.3 Å². The number of halogens is 3. The van der Waals surface area contributed by atoms with Crippen molar-refractivity contribution < 1.29 is 19.7 Å². The molecule has 1 aliphatic carbocycles. The smallest absolute Gasteiger partial charge is 0.320 e. The number of alkyl halides is 1. The highest BCUT2D eigenvalue weighted by atomic mass is 127. The van der Waals surface area contributed by atoms with Crippen LogP contribution in [0.4, 0.5) is 0 Å². The Labute approximate surface area is 182 Å². The third kappa shape index (κ3) is 5.30. The van der Waals surface area contributed by atoms with Crippen LogP contribution in [0.1, 0.15) is 25.3 Å². The zero-order valence-electron chi connectivity index (χ0n) is 13.1. The van der Waals surface area contributed by atoms with E-state index >= 15 is 0 Å². The number of aliphatic hydroxyl groups is 1. The van der Waals surface area contributed by atoms with Gasteiger partial charge in [0.1, 0.15) is 17.9 Å². The van der Waals surface area contributed by atoms with E-state index in [2.05, 4.69) is 74.7 Å². The topological polar surface area (TPSA) is 92.8 Å². The largest absolute Gasteiger partial charge is 0.488 e. The molecule has 134 valence electrons. The Morgan fingerprint density at radius 2 is 1.96 bits per heavy atom. The van der Waals surface area contributed by atoms with Crippen molar-refractivity contribution in [3.05, 3.63) is 24.8 Å². The lowest BCUT2D eigenvalue weighted by Crippen LogP contribution is -2.40. The molecule has 1 fully saturated rings. The Morgan fingerprint density at radius 1 is 1.38 bits per heavy atom. The minimum atomic E-state index is -0.997. The number of carboxylic acids is 1. The van der Waals surface area contributed by atoms with Crippen LogP contribution in [0, 0.1) is 13.1 Å². The van der Waals surface area contributed by atoms with Crippen LogP contribution in [-0.4, -0.2) is 38.4 Å². The number of carboxylic acid groups (broad SMARTS) is 1. The van der Waals surface area contributed by atoms with Crippen molar-refractivity contribution in [3.63, 3.8) is 0 Å². The number of aliphatic hydroxyl groups excluding tert-OH is 1. The van der Waals surface area contributed by atoms with Gasteiger partial charge in [-0.3, -0.25) is 4.79 Å². The first-order valence-corrected chi connectivity index (χ1v) is 11.0. The fraction of sp³-hybridized carbons (Fsp3) is 0.562. The van der Waals surface area contributed by atoms with E-state index in [9.17, 15) is 9.90 Å². The van der Waals surface area contributed by atoms with Crippen molar-refractivity contribution in [2.75, 3.05) is 0 Å². The van der Waals surface area contributed by atoms with Gasteiger partial charge < -0.3 is 20.7 Å². The Bertz CT molecular complexity index is 578. The molecule has 2 rings (SSSR count). The van der Waals surface area contributed by atoms with Gasteiger partial charge in [0.05, 0.1) is 13.2 Å². The van der Waals surface area contributed by atoms with Gasteiger partial charge in [-0.1, -0.05) is 29.5 Å². The molecule has 0 radical (unpaired) electrons. The predicted molar refractivity (Wildman–Crippen MR) is 118 cm³/mol. The molecule has 0 aromatic heterocycles. The average Bonchev–Trinajstić information content (AvgIpc) is 2.48.